The molecule has 0 bridgehead atoms. The first-order chi connectivity index (χ1) is 14.7. The molecule has 1 amide bonds. The van der Waals surface area contributed by atoms with Gasteiger partial charge in [-0.05, 0) is 61.2 Å². The van der Waals surface area contributed by atoms with Crippen molar-refractivity contribution in [3.8, 4) is 11.5 Å². The quantitative estimate of drug-likeness (QED) is 0.483. The lowest BCUT2D eigenvalue weighted by molar-refractivity contribution is -0.121. The molecule has 1 fully saturated rings. The molecular formula is C25H23N3O2. The summed E-state index contributed by atoms with van der Waals surface area (Å²) >= 11 is 0. The second-order valence-electron chi connectivity index (χ2n) is 7.98. The zero-order valence-corrected chi connectivity index (χ0v) is 16.9. The van der Waals surface area contributed by atoms with Gasteiger partial charge in [0.15, 0.2) is 11.2 Å². The van der Waals surface area contributed by atoms with Crippen LogP contribution in [0.15, 0.2) is 71.3 Å². The van der Waals surface area contributed by atoms with E-state index in [-0.39, 0.29) is 5.91 Å². The number of amides is 1. The number of carbonyl (C=O) groups is 1. The van der Waals surface area contributed by atoms with Gasteiger partial charge < -0.3 is 9.73 Å². The van der Waals surface area contributed by atoms with Crippen molar-refractivity contribution in [1.29, 1.82) is 0 Å². The highest BCUT2D eigenvalue weighted by Gasteiger charge is 2.42. The number of hydrogen-bond acceptors (Lipinski definition) is 4. The standard InChI is InChI=1S/C25H23N3O2/c1-17-16-18(23-28-22-21(30-23)10-7-15-26-22)11-12-20(17)27-24(29)25(13-5-6-14-25)19-8-3-2-4-9-19/h2-4,7-12,15-16H,5-6,13-14H2,1H3,(H,27,29). The molecule has 0 unspecified atom stereocenters. The molecule has 2 heterocycles. The van der Waals surface area contributed by atoms with E-state index >= 15 is 0 Å². The summed E-state index contributed by atoms with van der Waals surface area (Å²) in [6.45, 7) is 1.99. The molecule has 4 aromatic rings. The molecule has 5 rings (SSSR count). The highest BCUT2D eigenvalue weighted by atomic mass is 16.3. The number of benzene rings is 2. The Balaban J connectivity index is 1.43. The van der Waals surface area contributed by atoms with Gasteiger partial charge in [0.05, 0.1) is 5.41 Å². The van der Waals surface area contributed by atoms with Gasteiger partial charge >= 0.3 is 0 Å². The molecule has 1 aliphatic rings. The largest absolute Gasteiger partial charge is 0.434 e. The SMILES string of the molecule is Cc1cc(-c2nc3ncccc3o2)ccc1NC(=O)C1(c2ccccc2)CCCC1. The number of nitrogens with zero attached hydrogens (tertiary/aromatic N) is 2. The van der Waals surface area contributed by atoms with Gasteiger partial charge in [0, 0.05) is 17.4 Å². The van der Waals surface area contributed by atoms with Crippen molar-refractivity contribution in [3.05, 3.63) is 78.0 Å². The molecule has 30 heavy (non-hydrogen) atoms. The third-order valence-corrected chi connectivity index (χ3v) is 6.10. The van der Waals surface area contributed by atoms with E-state index in [1.165, 1.54) is 0 Å². The molecule has 150 valence electrons. The minimum absolute atomic E-state index is 0.0770. The van der Waals surface area contributed by atoms with Crippen molar-refractivity contribution in [2.45, 2.75) is 38.0 Å². The minimum atomic E-state index is -0.446. The van der Waals surface area contributed by atoms with Crippen LogP contribution in [0.3, 0.4) is 0 Å². The maximum Gasteiger partial charge on any atom is 0.235 e. The molecule has 1 saturated carbocycles. The van der Waals surface area contributed by atoms with E-state index in [9.17, 15) is 4.79 Å². The van der Waals surface area contributed by atoms with Crippen molar-refractivity contribution >= 4 is 22.8 Å². The van der Waals surface area contributed by atoms with Crippen LogP contribution in [0.2, 0.25) is 0 Å². The smallest absolute Gasteiger partial charge is 0.235 e. The monoisotopic (exact) mass is 397 g/mol. The molecule has 0 aliphatic heterocycles. The third kappa shape index (κ3) is 3.16. The van der Waals surface area contributed by atoms with Crippen molar-refractivity contribution in [1.82, 2.24) is 9.97 Å². The van der Waals surface area contributed by atoms with Crippen LogP contribution in [0.25, 0.3) is 22.7 Å². The van der Waals surface area contributed by atoms with Crippen molar-refractivity contribution in [2.75, 3.05) is 5.32 Å². The van der Waals surface area contributed by atoms with Gasteiger partial charge in [-0.25, -0.2) is 4.98 Å². The Morgan fingerprint density at radius 2 is 1.83 bits per heavy atom. The summed E-state index contributed by atoms with van der Waals surface area (Å²) in [7, 11) is 0. The predicted molar refractivity (Wildman–Crippen MR) is 117 cm³/mol. The molecule has 0 saturated heterocycles. The van der Waals surface area contributed by atoms with Crippen LogP contribution in [0.4, 0.5) is 5.69 Å². The van der Waals surface area contributed by atoms with Crippen LogP contribution in [0.1, 0.15) is 36.8 Å². The normalized spacial score (nSPS) is 15.4. The zero-order valence-electron chi connectivity index (χ0n) is 16.9. The lowest BCUT2D eigenvalue weighted by atomic mass is 9.78. The fraction of sp³-hybridized carbons (Fsp3) is 0.240. The summed E-state index contributed by atoms with van der Waals surface area (Å²) in [5.41, 5.74) is 4.56. The number of aryl methyl sites for hydroxylation is 1. The maximum absolute atomic E-state index is 13.4. The van der Waals surface area contributed by atoms with Gasteiger partial charge in [-0.1, -0.05) is 43.2 Å². The van der Waals surface area contributed by atoms with Gasteiger partial charge in [-0.15, -0.1) is 0 Å². The number of carbonyl (C=O) groups excluding carboxylic acids is 1. The molecule has 1 N–H and O–H groups in total. The second kappa shape index (κ2) is 7.41. The first-order valence-corrected chi connectivity index (χ1v) is 10.4. The highest BCUT2D eigenvalue weighted by Crippen LogP contribution is 2.42. The summed E-state index contributed by atoms with van der Waals surface area (Å²) in [6.07, 6.45) is 5.62. The molecule has 0 radical (unpaired) electrons. The van der Waals surface area contributed by atoms with E-state index in [2.05, 4.69) is 27.4 Å². The number of oxazole rings is 1. The lowest BCUT2D eigenvalue weighted by Gasteiger charge is -2.28. The summed E-state index contributed by atoms with van der Waals surface area (Å²) in [4.78, 5) is 22.1. The van der Waals surface area contributed by atoms with Crippen molar-refractivity contribution < 1.29 is 9.21 Å². The Morgan fingerprint density at radius 1 is 1.03 bits per heavy atom. The minimum Gasteiger partial charge on any atom is -0.434 e. The Labute approximate surface area is 175 Å². The number of aromatic nitrogens is 2. The summed E-state index contributed by atoms with van der Waals surface area (Å²) in [5, 5.41) is 3.19. The topological polar surface area (TPSA) is 68.0 Å². The van der Waals surface area contributed by atoms with E-state index in [0.717, 1.165) is 48.1 Å². The number of anilines is 1. The Bertz CT molecular complexity index is 1170. The van der Waals surface area contributed by atoms with E-state index in [1.54, 1.807) is 6.20 Å². The summed E-state index contributed by atoms with van der Waals surface area (Å²) in [5.74, 6) is 0.606. The average Bonchev–Trinajstić information content (AvgIpc) is 3.44. The van der Waals surface area contributed by atoms with Gasteiger partial charge in [-0.3, -0.25) is 4.79 Å². The third-order valence-electron chi connectivity index (χ3n) is 6.10. The predicted octanol–water partition coefficient (Wildman–Crippen LogP) is 5.65. The first kappa shape index (κ1) is 18.6. The van der Waals surface area contributed by atoms with Gasteiger partial charge in [0.2, 0.25) is 11.8 Å². The maximum atomic E-state index is 13.4. The van der Waals surface area contributed by atoms with Crippen LogP contribution >= 0.6 is 0 Å². The number of hydrogen-bond donors (Lipinski definition) is 1. The Kier molecular flexibility index (Phi) is 4.58. The van der Waals surface area contributed by atoms with Crippen LogP contribution in [0.5, 0.6) is 0 Å². The Morgan fingerprint density at radius 3 is 2.57 bits per heavy atom. The summed E-state index contributed by atoms with van der Waals surface area (Å²) in [6, 6.07) is 19.7. The number of pyridine rings is 1. The molecule has 0 atom stereocenters. The van der Waals surface area contributed by atoms with Crippen LogP contribution in [-0.2, 0) is 10.2 Å². The average molecular weight is 397 g/mol. The van der Waals surface area contributed by atoms with Crippen LogP contribution < -0.4 is 5.32 Å². The lowest BCUT2D eigenvalue weighted by Crippen LogP contribution is -2.38. The number of fused-ring (bicyclic) bond motifs is 1. The van der Waals surface area contributed by atoms with Gasteiger partial charge in [0.25, 0.3) is 0 Å². The highest BCUT2D eigenvalue weighted by molar-refractivity contribution is 6.00. The molecule has 1 aliphatic carbocycles. The van der Waals surface area contributed by atoms with E-state index < -0.39 is 5.41 Å². The molecule has 5 nitrogen and oxygen atoms in total. The first-order valence-electron chi connectivity index (χ1n) is 10.4. The molecule has 0 spiro atoms. The number of nitrogens with one attached hydrogen (secondary N) is 1. The van der Waals surface area contributed by atoms with Gasteiger partial charge in [-0.2, -0.15) is 4.98 Å². The Hall–Kier alpha value is -3.47. The molecule has 2 aromatic carbocycles. The summed E-state index contributed by atoms with van der Waals surface area (Å²) < 4.78 is 5.82. The zero-order chi connectivity index (χ0) is 20.6. The van der Waals surface area contributed by atoms with E-state index in [0.29, 0.717) is 17.1 Å². The fourth-order valence-electron chi connectivity index (χ4n) is 4.45. The van der Waals surface area contributed by atoms with Crippen LogP contribution in [-0.4, -0.2) is 15.9 Å². The van der Waals surface area contributed by atoms with E-state index in [4.69, 9.17) is 4.42 Å². The van der Waals surface area contributed by atoms with Gasteiger partial charge in [0.1, 0.15) is 0 Å². The molecule has 2 aromatic heterocycles. The fourth-order valence-corrected chi connectivity index (χ4v) is 4.45. The number of rotatable bonds is 4. The van der Waals surface area contributed by atoms with Crippen LogP contribution in [0, 0.1) is 6.92 Å². The molecule has 5 heteroatoms. The molecular weight excluding hydrogens is 374 g/mol. The van der Waals surface area contributed by atoms with Crippen molar-refractivity contribution in [3.63, 3.8) is 0 Å². The van der Waals surface area contributed by atoms with Crippen molar-refractivity contribution in [2.24, 2.45) is 0 Å². The van der Waals surface area contributed by atoms with E-state index in [1.807, 2.05) is 55.5 Å². The second-order valence-corrected chi connectivity index (χ2v) is 7.98.